The fourth-order valence-electron chi connectivity index (χ4n) is 3.44. The van der Waals surface area contributed by atoms with Crippen molar-refractivity contribution >= 4 is 17.2 Å². The number of hydrogen-bond acceptors (Lipinski definition) is 6. The molecule has 7 nitrogen and oxygen atoms in total. The second-order valence-corrected chi connectivity index (χ2v) is 6.78. The highest BCUT2D eigenvalue weighted by Gasteiger charge is 2.36. The van der Waals surface area contributed by atoms with Crippen molar-refractivity contribution in [2.24, 2.45) is 0 Å². The first-order valence-electron chi connectivity index (χ1n) is 8.03. The van der Waals surface area contributed by atoms with Gasteiger partial charge in [-0.1, -0.05) is 12.8 Å². The van der Waals surface area contributed by atoms with E-state index in [1.807, 2.05) is 21.7 Å². The number of morpholine rings is 1. The number of aromatic nitrogens is 4. The summed E-state index contributed by atoms with van der Waals surface area (Å²) in [7, 11) is 0. The highest BCUT2D eigenvalue weighted by Crippen LogP contribution is 2.28. The highest BCUT2D eigenvalue weighted by molar-refractivity contribution is 7.08. The van der Waals surface area contributed by atoms with Crippen molar-refractivity contribution < 1.29 is 9.53 Å². The van der Waals surface area contributed by atoms with Crippen molar-refractivity contribution in [2.45, 2.75) is 44.4 Å². The summed E-state index contributed by atoms with van der Waals surface area (Å²) in [5.74, 6) is 0.621. The van der Waals surface area contributed by atoms with Gasteiger partial charge in [0.1, 0.15) is 6.54 Å². The quantitative estimate of drug-likeness (QED) is 0.852. The SMILES string of the molecule is O=C(Cn1nnc(-c2ccsc2)n1)N1CCOC2CCCCC21. The van der Waals surface area contributed by atoms with Crippen LogP contribution in [0.1, 0.15) is 25.7 Å². The summed E-state index contributed by atoms with van der Waals surface area (Å²) in [6, 6.07) is 2.16. The lowest BCUT2D eigenvalue weighted by Gasteiger charge is -2.43. The van der Waals surface area contributed by atoms with Crippen LogP contribution in [0.5, 0.6) is 0 Å². The van der Waals surface area contributed by atoms with E-state index in [9.17, 15) is 4.79 Å². The molecule has 2 aromatic heterocycles. The molecule has 1 amide bonds. The third-order valence-corrected chi connectivity index (χ3v) is 5.24. The van der Waals surface area contributed by atoms with Crippen LogP contribution in [0.25, 0.3) is 11.4 Å². The minimum Gasteiger partial charge on any atom is -0.374 e. The van der Waals surface area contributed by atoms with Gasteiger partial charge in [-0.3, -0.25) is 4.79 Å². The zero-order valence-electron chi connectivity index (χ0n) is 12.8. The molecule has 1 aliphatic carbocycles. The molecule has 1 saturated heterocycles. The van der Waals surface area contributed by atoms with Crippen LogP contribution in [-0.4, -0.2) is 56.3 Å². The van der Waals surface area contributed by atoms with Gasteiger partial charge < -0.3 is 9.64 Å². The van der Waals surface area contributed by atoms with Crippen LogP contribution in [0.2, 0.25) is 0 Å². The van der Waals surface area contributed by atoms with Crippen molar-refractivity contribution in [3.8, 4) is 11.4 Å². The third kappa shape index (κ3) is 3.00. The maximum absolute atomic E-state index is 12.7. The Morgan fingerprint density at radius 3 is 3.17 bits per heavy atom. The monoisotopic (exact) mass is 333 g/mol. The molecule has 2 aromatic rings. The molecular formula is C15H19N5O2S. The molecule has 0 spiro atoms. The Kier molecular flexibility index (Phi) is 4.09. The first kappa shape index (κ1) is 14.8. The fourth-order valence-corrected chi connectivity index (χ4v) is 4.07. The lowest BCUT2D eigenvalue weighted by Crippen LogP contribution is -2.55. The maximum Gasteiger partial charge on any atom is 0.246 e. The summed E-state index contributed by atoms with van der Waals surface area (Å²) < 4.78 is 5.82. The minimum atomic E-state index is 0.0551. The van der Waals surface area contributed by atoms with Crippen molar-refractivity contribution in [3.05, 3.63) is 16.8 Å². The molecule has 2 atom stereocenters. The molecule has 1 saturated carbocycles. The first-order chi connectivity index (χ1) is 11.3. The molecule has 0 aromatic carbocycles. The largest absolute Gasteiger partial charge is 0.374 e. The van der Waals surface area contributed by atoms with Crippen molar-refractivity contribution in [1.82, 2.24) is 25.1 Å². The van der Waals surface area contributed by atoms with Gasteiger partial charge in [-0.05, 0) is 29.5 Å². The van der Waals surface area contributed by atoms with E-state index in [2.05, 4.69) is 15.4 Å². The van der Waals surface area contributed by atoms with E-state index in [-0.39, 0.29) is 24.6 Å². The summed E-state index contributed by atoms with van der Waals surface area (Å²) in [6.07, 6.45) is 4.64. The second kappa shape index (κ2) is 6.37. The number of ether oxygens (including phenoxy) is 1. The number of thiophene rings is 1. The summed E-state index contributed by atoms with van der Waals surface area (Å²) >= 11 is 1.59. The first-order valence-corrected chi connectivity index (χ1v) is 8.97. The van der Waals surface area contributed by atoms with Crippen LogP contribution in [0.3, 0.4) is 0 Å². The molecule has 1 aliphatic heterocycles. The Morgan fingerprint density at radius 1 is 1.39 bits per heavy atom. The number of hydrogen-bond donors (Lipinski definition) is 0. The van der Waals surface area contributed by atoms with Crippen LogP contribution in [0.15, 0.2) is 16.8 Å². The molecule has 0 bridgehead atoms. The molecule has 0 radical (unpaired) electrons. The standard InChI is InChI=1S/C15H19N5O2S/c21-14(19-6-7-22-13-4-2-1-3-12(13)19)9-20-17-15(16-18-20)11-5-8-23-10-11/h5,8,10,12-13H,1-4,6-7,9H2. The van der Waals surface area contributed by atoms with Crippen LogP contribution >= 0.6 is 11.3 Å². The van der Waals surface area contributed by atoms with Crippen LogP contribution in [0.4, 0.5) is 0 Å². The van der Waals surface area contributed by atoms with Gasteiger partial charge in [0.2, 0.25) is 11.7 Å². The lowest BCUT2D eigenvalue weighted by atomic mass is 9.90. The van der Waals surface area contributed by atoms with E-state index in [4.69, 9.17) is 4.74 Å². The number of nitrogens with zero attached hydrogens (tertiary/aromatic N) is 5. The second-order valence-electron chi connectivity index (χ2n) is 6.00. The molecule has 8 heteroatoms. The van der Waals surface area contributed by atoms with E-state index < -0.39 is 0 Å². The van der Waals surface area contributed by atoms with Gasteiger partial charge in [0, 0.05) is 17.5 Å². The van der Waals surface area contributed by atoms with Crippen molar-refractivity contribution in [2.75, 3.05) is 13.2 Å². The zero-order chi connectivity index (χ0) is 15.6. The number of tetrazole rings is 1. The minimum absolute atomic E-state index is 0.0551. The highest BCUT2D eigenvalue weighted by atomic mass is 32.1. The number of carbonyl (C=O) groups excluding carboxylic acids is 1. The van der Waals surface area contributed by atoms with Gasteiger partial charge in [0.25, 0.3) is 0 Å². The lowest BCUT2D eigenvalue weighted by molar-refractivity contribution is -0.150. The smallest absolute Gasteiger partial charge is 0.246 e. The number of amides is 1. The number of carbonyl (C=O) groups is 1. The van der Waals surface area contributed by atoms with E-state index in [0.29, 0.717) is 19.0 Å². The fraction of sp³-hybridized carbons (Fsp3) is 0.600. The summed E-state index contributed by atoms with van der Waals surface area (Å²) in [6.45, 7) is 1.42. The molecule has 4 rings (SSSR count). The summed E-state index contributed by atoms with van der Waals surface area (Å²) in [5, 5.41) is 16.3. The molecule has 2 aliphatic rings. The van der Waals surface area contributed by atoms with Gasteiger partial charge in [0.05, 0.1) is 18.8 Å². The van der Waals surface area contributed by atoms with E-state index >= 15 is 0 Å². The van der Waals surface area contributed by atoms with Gasteiger partial charge in [-0.2, -0.15) is 16.1 Å². The van der Waals surface area contributed by atoms with E-state index in [1.54, 1.807) is 11.3 Å². The Hall–Kier alpha value is -1.80. The number of rotatable bonds is 3. The van der Waals surface area contributed by atoms with Gasteiger partial charge >= 0.3 is 0 Å². The molecule has 23 heavy (non-hydrogen) atoms. The molecule has 3 heterocycles. The van der Waals surface area contributed by atoms with Crippen molar-refractivity contribution in [3.63, 3.8) is 0 Å². The average Bonchev–Trinajstić information content (AvgIpc) is 3.25. The Morgan fingerprint density at radius 2 is 2.30 bits per heavy atom. The van der Waals surface area contributed by atoms with Crippen LogP contribution in [0, 0.1) is 0 Å². The topological polar surface area (TPSA) is 73.1 Å². The summed E-state index contributed by atoms with van der Waals surface area (Å²) in [5.41, 5.74) is 0.937. The summed E-state index contributed by atoms with van der Waals surface area (Å²) in [4.78, 5) is 16.0. The maximum atomic E-state index is 12.7. The van der Waals surface area contributed by atoms with Gasteiger partial charge in [0.15, 0.2) is 0 Å². The molecular weight excluding hydrogens is 314 g/mol. The molecule has 122 valence electrons. The van der Waals surface area contributed by atoms with E-state index in [1.165, 1.54) is 11.2 Å². The predicted molar refractivity (Wildman–Crippen MR) is 84.8 cm³/mol. The Bertz CT molecular complexity index is 669. The predicted octanol–water partition coefficient (Wildman–Crippen LogP) is 1.57. The molecule has 0 N–H and O–H groups in total. The normalized spacial score (nSPS) is 24.4. The Balaban J connectivity index is 1.45. The average molecular weight is 333 g/mol. The number of fused-ring (bicyclic) bond motifs is 1. The van der Waals surface area contributed by atoms with Crippen molar-refractivity contribution in [1.29, 1.82) is 0 Å². The molecule has 2 unspecified atom stereocenters. The van der Waals surface area contributed by atoms with E-state index in [0.717, 1.165) is 24.8 Å². The van der Waals surface area contributed by atoms with Gasteiger partial charge in [-0.15, -0.1) is 10.2 Å². The zero-order valence-corrected chi connectivity index (χ0v) is 13.6. The molecule has 2 fully saturated rings. The van der Waals surface area contributed by atoms with Crippen LogP contribution in [-0.2, 0) is 16.1 Å². The third-order valence-electron chi connectivity index (χ3n) is 4.56. The Labute approximate surface area is 138 Å². The van der Waals surface area contributed by atoms with Crippen LogP contribution < -0.4 is 0 Å². The van der Waals surface area contributed by atoms with Gasteiger partial charge in [-0.25, -0.2) is 0 Å².